The highest BCUT2D eigenvalue weighted by Crippen LogP contribution is 2.17. The van der Waals surface area contributed by atoms with Crippen molar-refractivity contribution < 1.29 is 4.79 Å². The lowest BCUT2D eigenvalue weighted by Crippen LogP contribution is -2.37. The molecule has 17 heavy (non-hydrogen) atoms. The van der Waals surface area contributed by atoms with E-state index >= 15 is 0 Å². The second-order valence-electron chi connectivity index (χ2n) is 3.78. The summed E-state index contributed by atoms with van der Waals surface area (Å²) in [7, 11) is 3.72. The molecule has 1 amide bonds. The van der Waals surface area contributed by atoms with E-state index in [1.807, 2.05) is 36.2 Å². The number of halogens is 1. The molecule has 0 saturated heterocycles. The number of carbonyl (C=O) groups excluding carboxylic acids is 1. The molecule has 0 saturated carbocycles. The molecular formula is C12H18ClN3O. The molecule has 0 atom stereocenters. The summed E-state index contributed by atoms with van der Waals surface area (Å²) >= 11 is 5.91. The zero-order chi connectivity index (χ0) is 12.7. The quantitative estimate of drug-likeness (QED) is 0.801. The van der Waals surface area contributed by atoms with Crippen LogP contribution in [0.15, 0.2) is 24.3 Å². The summed E-state index contributed by atoms with van der Waals surface area (Å²) < 4.78 is 0. The fourth-order valence-electron chi connectivity index (χ4n) is 1.43. The van der Waals surface area contributed by atoms with Crippen molar-refractivity contribution >= 4 is 23.2 Å². The number of nitrogens with one attached hydrogen (secondary N) is 2. The van der Waals surface area contributed by atoms with Crippen LogP contribution in [0.1, 0.15) is 0 Å². The number of carbonyl (C=O) groups is 1. The van der Waals surface area contributed by atoms with Gasteiger partial charge in [0, 0.05) is 30.8 Å². The van der Waals surface area contributed by atoms with Crippen molar-refractivity contribution in [3.63, 3.8) is 0 Å². The Hall–Kier alpha value is -1.26. The largest absolute Gasteiger partial charge is 0.373 e. The third-order valence-electron chi connectivity index (χ3n) is 2.36. The number of likely N-dealkylation sites (N-methyl/N-ethyl adjacent to an activating group) is 2. The van der Waals surface area contributed by atoms with E-state index in [9.17, 15) is 4.79 Å². The highest BCUT2D eigenvalue weighted by Gasteiger charge is 2.02. The van der Waals surface area contributed by atoms with Gasteiger partial charge >= 0.3 is 0 Å². The summed E-state index contributed by atoms with van der Waals surface area (Å²) in [6.07, 6.45) is 0. The first-order chi connectivity index (χ1) is 8.13. The van der Waals surface area contributed by atoms with E-state index in [4.69, 9.17) is 11.6 Å². The van der Waals surface area contributed by atoms with Crippen molar-refractivity contribution in [2.45, 2.75) is 0 Å². The first-order valence-electron chi connectivity index (χ1n) is 5.51. The van der Waals surface area contributed by atoms with Crippen molar-refractivity contribution in [2.75, 3.05) is 38.6 Å². The molecule has 2 N–H and O–H groups in total. The minimum absolute atomic E-state index is 0.00648. The van der Waals surface area contributed by atoms with Crippen LogP contribution in [-0.4, -0.2) is 39.6 Å². The number of nitrogens with zero attached hydrogens (tertiary/aromatic N) is 1. The van der Waals surface area contributed by atoms with E-state index in [1.54, 1.807) is 7.05 Å². The Bertz CT molecular complexity index is 371. The molecule has 0 aliphatic rings. The third kappa shape index (κ3) is 5.06. The molecule has 0 spiro atoms. The molecule has 0 aromatic heterocycles. The van der Waals surface area contributed by atoms with Gasteiger partial charge in [-0.15, -0.1) is 0 Å². The lowest BCUT2D eigenvalue weighted by molar-refractivity contribution is -0.120. The van der Waals surface area contributed by atoms with E-state index in [0.29, 0.717) is 18.1 Å². The van der Waals surface area contributed by atoms with Crippen molar-refractivity contribution in [3.8, 4) is 0 Å². The van der Waals surface area contributed by atoms with Gasteiger partial charge in [0.05, 0.1) is 6.54 Å². The van der Waals surface area contributed by atoms with Crippen LogP contribution in [0, 0.1) is 0 Å². The van der Waals surface area contributed by atoms with Gasteiger partial charge in [0.2, 0.25) is 5.91 Å². The zero-order valence-corrected chi connectivity index (χ0v) is 10.9. The van der Waals surface area contributed by atoms with Gasteiger partial charge in [0.25, 0.3) is 0 Å². The Labute approximate surface area is 107 Å². The van der Waals surface area contributed by atoms with Crippen molar-refractivity contribution in [3.05, 3.63) is 29.3 Å². The second kappa shape index (κ2) is 7.14. The average molecular weight is 256 g/mol. The molecule has 0 fully saturated rings. The van der Waals surface area contributed by atoms with Crippen LogP contribution < -0.4 is 15.5 Å². The summed E-state index contributed by atoms with van der Waals surface area (Å²) in [5, 5.41) is 6.34. The molecule has 0 bridgehead atoms. The maximum Gasteiger partial charge on any atom is 0.234 e. The van der Waals surface area contributed by atoms with Gasteiger partial charge in [0.15, 0.2) is 0 Å². The fraction of sp³-hybridized carbons (Fsp3) is 0.417. The summed E-state index contributed by atoms with van der Waals surface area (Å²) in [6, 6.07) is 7.64. The molecule has 1 aromatic rings. The molecule has 94 valence electrons. The van der Waals surface area contributed by atoms with E-state index in [1.165, 1.54) is 0 Å². The first kappa shape index (κ1) is 13.8. The first-order valence-corrected chi connectivity index (χ1v) is 5.89. The number of hydrogen-bond acceptors (Lipinski definition) is 3. The Morgan fingerprint density at radius 2 is 2.24 bits per heavy atom. The van der Waals surface area contributed by atoms with E-state index < -0.39 is 0 Å². The number of rotatable bonds is 6. The molecule has 0 aliphatic heterocycles. The maximum absolute atomic E-state index is 11.2. The van der Waals surface area contributed by atoms with E-state index in [0.717, 1.165) is 12.2 Å². The number of benzene rings is 1. The summed E-state index contributed by atoms with van der Waals surface area (Å²) in [5.41, 5.74) is 1.04. The highest BCUT2D eigenvalue weighted by atomic mass is 35.5. The molecule has 0 radical (unpaired) electrons. The predicted octanol–water partition coefficient (Wildman–Crippen LogP) is 1.11. The van der Waals surface area contributed by atoms with Gasteiger partial charge in [-0.3, -0.25) is 4.79 Å². The standard InChI is InChI=1S/C12H18ClN3O/c1-14-9-12(17)15-6-7-16(2)11-5-3-4-10(13)8-11/h3-5,8,14H,6-7,9H2,1-2H3,(H,15,17). The molecule has 0 aliphatic carbocycles. The average Bonchev–Trinajstić information content (AvgIpc) is 2.29. The van der Waals surface area contributed by atoms with Crippen LogP contribution in [0.4, 0.5) is 5.69 Å². The third-order valence-corrected chi connectivity index (χ3v) is 2.59. The number of anilines is 1. The number of amides is 1. The topological polar surface area (TPSA) is 44.4 Å². The fourth-order valence-corrected chi connectivity index (χ4v) is 1.61. The normalized spacial score (nSPS) is 10.1. The summed E-state index contributed by atoms with van der Waals surface area (Å²) in [4.78, 5) is 13.2. The van der Waals surface area contributed by atoms with Crippen LogP contribution in [0.25, 0.3) is 0 Å². The maximum atomic E-state index is 11.2. The second-order valence-corrected chi connectivity index (χ2v) is 4.22. The minimum atomic E-state index is 0.00648. The molecule has 1 rings (SSSR count). The predicted molar refractivity (Wildman–Crippen MR) is 71.7 cm³/mol. The van der Waals surface area contributed by atoms with Crippen LogP contribution in [-0.2, 0) is 4.79 Å². The van der Waals surface area contributed by atoms with Gasteiger partial charge in [0.1, 0.15) is 0 Å². The monoisotopic (exact) mass is 255 g/mol. The van der Waals surface area contributed by atoms with Crippen molar-refractivity contribution in [1.82, 2.24) is 10.6 Å². The molecule has 4 nitrogen and oxygen atoms in total. The van der Waals surface area contributed by atoms with Gasteiger partial charge in [-0.2, -0.15) is 0 Å². The van der Waals surface area contributed by atoms with E-state index in [2.05, 4.69) is 10.6 Å². The molecule has 5 heteroatoms. The SMILES string of the molecule is CNCC(=O)NCCN(C)c1cccc(Cl)c1. The van der Waals surface area contributed by atoms with Crippen molar-refractivity contribution in [2.24, 2.45) is 0 Å². The van der Waals surface area contributed by atoms with Gasteiger partial charge in [-0.05, 0) is 25.2 Å². The van der Waals surface area contributed by atoms with Crippen molar-refractivity contribution in [1.29, 1.82) is 0 Å². The number of hydrogen-bond donors (Lipinski definition) is 2. The molecule has 0 unspecified atom stereocenters. The molecule has 0 heterocycles. The molecule has 1 aromatic carbocycles. The minimum Gasteiger partial charge on any atom is -0.373 e. The van der Waals surface area contributed by atoms with Crippen LogP contribution in [0.5, 0.6) is 0 Å². The van der Waals surface area contributed by atoms with Gasteiger partial charge in [-0.25, -0.2) is 0 Å². The Morgan fingerprint density at radius 1 is 1.47 bits per heavy atom. The van der Waals surface area contributed by atoms with Crippen LogP contribution in [0.3, 0.4) is 0 Å². The van der Waals surface area contributed by atoms with Crippen LogP contribution in [0.2, 0.25) is 5.02 Å². The Kier molecular flexibility index (Phi) is 5.80. The Balaban J connectivity index is 2.35. The smallest absolute Gasteiger partial charge is 0.234 e. The van der Waals surface area contributed by atoms with E-state index in [-0.39, 0.29) is 5.91 Å². The lowest BCUT2D eigenvalue weighted by atomic mass is 10.3. The van der Waals surface area contributed by atoms with Gasteiger partial charge < -0.3 is 15.5 Å². The lowest BCUT2D eigenvalue weighted by Gasteiger charge is -2.19. The zero-order valence-electron chi connectivity index (χ0n) is 10.2. The Morgan fingerprint density at radius 3 is 2.88 bits per heavy atom. The summed E-state index contributed by atoms with van der Waals surface area (Å²) in [6.45, 7) is 1.71. The van der Waals surface area contributed by atoms with Crippen LogP contribution >= 0.6 is 11.6 Å². The molecular weight excluding hydrogens is 238 g/mol. The summed E-state index contributed by atoms with van der Waals surface area (Å²) in [5.74, 6) is 0.00648. The highest BCUT2D eigenvalue weighted by molar-refractivity contribution is 6.30. The van der Waals surface area contributed by atoms with Gasteiger partial charge in [-0.1, -0.05) is 17.7 Å².